The molecule has 3 aromatic rings. The summed E-state index contributed by atoms with van der Waals surface area (Å²) >= 11 is 0. The molecule has 2 aromatic carbocycles. The minimum absolute atomic E-state index is 0. The van der Waals surface area contributed by atoms with Crippen LogP contribution >= 0.6 is 24.0 Å². The van der Waals surface area contributed by atoms with Gasteiger partial charge in [0.2, 0.25) is 0 Å². The number of aromatic nitrogens is 1. The van der Waals surface area contributed by atoms with Crippen LogP contribution in [0.5, 0.6) is 0 Å². The highest BCUT2D eigenvalue weighted by Gasteiger charge is 2.01. The molecule has 76 valence electrons. The monoisotopic (exact) mass is 309 g/mol. The van der Waals surface area contributed by atoms with Crippen LogP contribution in [0.3, 0.4) is 0 Å². The van der Waals surface area contributed by atoms with Crippen molar-refractivity contribution in [3.63, 3.8) is 0 Å². The van der Waals surface area contributed by atoms with Crippen molar-refractivity contribution in [3.05, 3.63) is 48.2 Å². The number of fused-ring (bicyclic) bond motifs is 3. The van der Waals surface area contributed by atoms with Gasteiger partial charge in [0.15, 0.2) is 0 Å². The third-order valence-corrected chi connectivity index (χ3v) is 2.66. The lowest BCUT2D eigenvalue weighted by molar-refractivity contribution is 1.31. The Labute approximate surface area is 106 Å². The predicted octanol–water partition coefficient (Wildman–Crippen LogP) is 4.25. The molecule has 2 heteroatoms. The van der Waals surface area contributed by atoms with Crippen molar-refractivity contribution in [3.8, 4) is 0 Å². The largest absolute Gasteiger partial charge is 0.358 e. The summed E-state index contributed by atoms with van der Waals surface area (Å²) < 4.78 is 0. The van der Waals surface area contributed by atoms with Crippen LogP contribution in [0.1, 0.15) is 5.69 Å². The highest BCUT2D eigenvalue weighted by Crippen LogP contribution is 2.24. The number of halogens is 1. The number of H-pyrrole nitrogens is 1. The van der Waals surface area contributed by atoms with Crippen LogP contribution in [0.15, 0.2) is 42.5 Å². The Kier molecular flexibility index (Phi) is 2.69. The van der Waals surface area contributed by atoms with Crippen molar-refractivity contribution in [2.75, 3.05) is 0 Å². The highest BCUT2D eigenvalue weighted by molar-refractivity contribution is 14.0. The van der Waals surface area contributed by atoms with Crippen molar-refractivity contribution in [2.24, 2.45) is 0 Å². The average Bonchev–Trinajstić information content (AvgIpc) is 2.59. The Hall–Kier alpha value is -1.03. The normalized spacial score (nSPS) is 10.5. The molecule has 1 nitrogen and oxygen atoms in total. The molecule has 0 amide bonds. The second kappa shape index (κ2) is 3.85. The van der Waals surface area contributed by atoms with E-state index in [1.54, 1.807) is 0 Å². The zero-order valence-corrected chi connectivity index (χ0v) is 10.8. The van der Waals surface area contributed by atoms with E-state index in [-0.39, 0.29) is 24.0 Å². The summed E-state index contributed by atoms with van der Waals surface area (Å²) in [5, 5.41) is 3.89. The fourth-order valence-electron chi connectivity index (χ4n) is 2.01. The zero-order chi connectivity index (χ0) is 9.54. The topological polar surface area (TPSA) is 15.8 Å². The third-order valence-electron chi connectivity index (χ3n) is 2.66. The van der Waals surface area contributed by atoms with Gasteiger partial charge in [0, 0.05) is 16.5 Å². The average molecular weight is 309 g/mol. The standard InChI is InChI=1S/C13H11N.HI/c1-9-8-11-7-6-10-4-2-3-5-12(10)13(11)14-9;/h2-8,14H,1H3;1H. The van der Waals surface area contributed by atoms with Crippen LogP contribution in [-0.4, -0.2) is 4.98 Å². The maximum atomic E-state index is 3.40. The molecule has 1 heterocycles. The zero-order valence-electron chi connectivity index (χ0n) is 8.45. The first-order chi connectivity index (χ1) is 6.84. The van der Waals surface area contributed by atoms with Gasteiger partial charge in [0.1, 0.15) is 0 Å². The molecule has 0 aliphatic heterocycles. The molecule has 1 N–H and O–H groups in total. The van der Waals surface area contributed by atoms with Gasteiger partial charge >= 0.3 is 0 Å². The maximum absolute atomic E-state index is 3.40. The summed E-state index contributed by atoms with van der Waals surface area (Å²) in [5.74, 6) is 0. The number of rotatable bonds is 0. The highest BCUT2D eigenvalue weighted by atomic mass is 127. The fraction of sp³-hybridized carbons (Fsp3) is 0.0769. The van der Waals surface area contributed by atoms with E-state index in [1.165, 1.54) is 27.4 Å². The van der Waals surface area contributed by atoms with E-state index in [0.717, 1.165) is 0 Å². The summed E-state index contributed by atoms with van der Waals surface area (Å²) in [6.45, 7) is 2.09. The number of benzene rings is 2. The molecule has 0 saturated heterocycles. The Bertz CT molecular complexity index is 610. The molecule has 3 rings (SSSR count). The van der Waals surface area contributed by atoms with Crippen LogP contribution in [0, 0.1) is 6.92 Å². The SMILES string of the molecule is Cc1cc2ccc3ccccc3c2[nH]1.I. The van der Waals surface area contributed by atoms with Crippen LogP contribution in [0.4, 0.5) is 0 Å². The number of hydrogen-bond acceptors (Lipinski definition) is 0. The van der Waals surface area contributed by atoms with Crippen molar-refractivity contribution in [1.82, 2.24) is 4.98 Å². The number of aromatic amines is 1. The lowest BCUT2D eigenvalue weighted by Gasteiger charge is -1.98. The van der Waals surface area contributed by atoms with Crippen LogP contribution in [0.2, 0.25) is 0 Å². The molecule has 0 saturated carbocycles. The van der Waals surface area contributed by atoms with Crippen molar-refractivity contribution in [1.29, 1.82) is 0 Å². The van der Waals surface area contributed by atoms with Gasteiger partial charge in [-0.15, -0.1) is 24.0 Å². The van der Waals surface area contributed by atoms with Gasteiger partial charge in [-0.2, -0.15) is 0 Å². The van der Waals surface area contributed by atoms with E-state index in [9.17, 15) is 0 Å². The lowest BCUT2D eigenvalue weighted by Crippen LogP contribution is -1.74. The van der Waals surface area contributed by atoms with E-state index < -0.39 is 0 Å². The molecule has 15 heavy (non-hydrogen) atoms. The summed E-state index contributed by atoms with van der Waals surface area (Å²) in [6.07, 6.45) is 0. The quantitative estimate of drug-likeness (QED) is 0.598. The number of hydrogen-bond donors (Lipinski definition) is 1. The molecule has 0 bridgehead atoms. The molecule has 0 unspecified atom stereocenters. The molecule has 0 aliphatic carbocycles. The van der Waals surface area contributed by atoms with Gasteiger partial charge in [-0.1, -0.05) is 36.4 Å². The minimum atomic E-state index is 0. The van der Waals surface area contributed by atoms with Crippen LogP contribution < -0.4 is 0 Å². The number of nitrogens with one attached hydrogen (secondary N) is 1. The summed E-state index contributed by atoms with van der Waals surface area (Å²) in [7, 11) is 0. The van der Waals surface area contributed by atoms with E-state index in [1.807, 2.05) is 0 Å². The Morgan fingerprint density at radius 3 is 2.53 bits per heavy atom. The van der Waals surface area contributed by atoms with Gasteiger partial charge < -0.3 is 4.98 Å². The molecule has 1 aromatic heterocycles. The Morgan fingerprint density at radius 2 is 1.67 bits per heavy atom. The van der Waals surface area contributed by atoms with E-state index >= 15 is 0 Å². The van der Waals surface area contributed by atoms with E-state index in [4.69, 9.17) is 0 Å². The molecule has 0 spiro atoms. The van der Waals surface area contributed by atoms with E-state index in [0.29, 0.717) is 0 Å². The fourth-order valence-corrected chi connectivity index (χ4v) is 2.01. The first-order valence-electron chi connectivity index (χ1n) is 4.82. The third kappa shape index (κ3) is 1.63. The van der Waals surface area contributed by atoms with Gasteiger partial charge in [-0.05, 0) is 18.4 Å². The lowest BCUT2D eigenvalue weighted by atomic mass is 10.1. The molecular formula is C13H12IN. The molecular weight excluding hydrogens is 297 g/mol. The van der Waals surface area contributed by atoms with Crippen molar-refractivity contribution in [2.45, 2.75) is 6.92 Å². The molecule has 0 atom stereocenters. The summed E-state index contributed by atoms with van der Waals surface area (Å²) in [6, 6.07) is 15.0. The van der Waals surface area contributed by atoms with Crippen LogP contribution in [0.25, 0.3) is 21.7 Å². The predicted molar refractivity (Wildman–Crippen MR) is 76.0 cm³/mol. The first kappa shape index (κ1) is 10.5. The van der Waals surface area contributed by atoms with Crippen molar-refractivity contribution >= 4 is 45.7 Å². The van der Waals surface area contributed by atoms with Gasteiger partial charge in [0.25, 0.3) is 0 Å². The Balaban J connectivity index is 0.000000853. The van der Waals surface area contributed by atoms with E-state index in [2.05, 4.69) is 54.4 Å². The smallest absolute Gasteiger partial charge is 0.0535 e. The van der Waals surface area contributed by atoms with Gasteiger partial charge in [-0.3, -0.25) is 0 Å². The second-order valence-electron chi connectivity index (χ2n) is 3.70. The molecule has 0 radical (unpaired) electrons. The molecule has 0 fully saturated rings. The van der Waals surface area contributed by atoms with Gasteiger partial charge in [-0.25, -0.2) is 0 Å². The minimum Gasteiger partial charge on any atom is -0.358 e. The molecule has 0 aliphatic rings. The summed E-state index contributed by atoms with van der Waals surface area (Å²) in [4.78, 5) is 3.40. The Morgan fingerprint density at radius 1 is 0.933 bits per heavy atom. The second-order valence-corrected chi connectivity index (χ2v) is 3.70. The number of aryl methyl sites for hydroxylation is 1. The maximum Gasteiger partial charge on any atom is 0.0535 e. The first-order valence-corrected chi connectivity index (χ1v) is 4.82. The summed E-state index contributed by atoms with van der Waals surface area (Å²) in [5.41, 5.74) is 2.47. The van der Waals surface area contributed by atoms with Crippen molar-refractivity contribution < 1.29 is 0 Å². The van der Waals surface area contributed by atoms with Gasteiger partial charge in [0.05, 0.1) is 5.52 Å². The van der Waals surface area contributed by atoms with Crippen LogP contribution in [-0.2, 0) is 0 Å².